The van der Waals surface area contributed by atoms with E-state index in [1.165, 1.54) is 18.3 Å². The monoisotopic (exact) mass is 404 g/mol. The van der Waals surface area contributed by atoms with E-state index in [2.05, 4.69) is 15.2 Å². The van der Waals surface area contributed by atoms with Gasteiger partial charge in [0.25, 0.3) is 5.56 Å². The zero-order chi connectivity index (χ0) is 21.1. The highest BCUT2D eigenvalue weighted by Gasteiger charge is 2.30. The summed E-state index contributed by atoms with van der Waals surface area (Å²) in [5, 5.41) is 11.8. The Morgan fingerprint density at radius 2 is 1.97 bits per heavy atom. The van der Waals surface area contributed by atoms with Crippen molar-refractivity contribution >= 4 is 23.3 Å². The Hall–Kier alpha value is -3.94. The highest BCUT2D eigenvalue weighted by molar-refractivity contribution is 5.96. The number of carboxylic acid groups (broad SMARTS) is 1. The molecule has 0 radical (unpaired) electrons. The average Bonchev–Trinajstić information content (AvgIpc) is 2.75. The van der Waals surface area contributed by atoms with Gasteiger partial charge >= 0.3 is 5.97 Å². The number of aromatic nitrogens is 2. The molecule has 0 fully saturated rings. The van der Waals surface area contributed by atoms with Crippen LogP contribution in [0.3, 0.4) is 0 Å². The quantitative estimate of drug-likeness (QED) is 0.675. The predicted molar refractivity (Wildman–Crippen MR) is 111 cm³/mol. The summed E-state index contributed by atoms with van der Waals surface area (Å²) in [5.74, 6) is -1.79. The van der Waals surface area contributed by atoms with Gasteiger partial charge in [-0.05, 0) is 29.3 Å². The maximum atomic E-state index is 13.2. The largest absolute Gasteiger partial charge is 0.480 e. The smallest absolute Gasteiger partial charge is 0.323 e. The molecular formula is C22H20N4O4. The van der Waals surface area contributed by atoms with E-state index in [1.54, 1.807) is 12.4 Å². The molecule has 0 unspecified atom stereocenters. The number of carboxylic acids is 1. The molecule has 8 nitrogen and oxygen atoms in total. The molecule has 0 spiro atoms. The van der Waals surface area contributed by atoms with E-state index in [-0.39, 0.29) is 5.91 Å². The van der Waals surface area contributed by atoms with Gasteiger partial charge in [0.1, 0.15) is 6.54 Å². The predicted octanol–water partition coefficient (Wildman–Crippen LogP) is 2.07. The molecule has 0 saturated heterocycles. The van der Waals surface area contributed by atoms with Crippen molar-refractivity contribution in [1.29, 1.82) is 0 Å². The Morgan fingerprint density at radius 3 is 2.73 bits per heavy atom. The first-order valence-electron chi connectivity index (χ1n) is 9.47. The summed E-state index contributed by atoms with van der Waals surface area (Å²) in [4.78, 5) is 42.2. The van der Waals surface area contributed by atoms with Gasteiger partial charge in [-0.15, -0.1) is 0 Å². The maximum Gasteiger partial charge on any atom is 0.323 e. The molecule has 4 rings (SSSR count). The van der Waals surface area contributed by atoms with E-state index in [9.17, 15) is 14.4 Å². The molecule has 0 aliphatic carbocycles. The molecule has 0 bridgehead atoms. The van der Waals surface area contributed by atoms with Gasteiger partial charge in [0.05, 0.1) is 23.5 Å². The molecule has 3 heterocycles. The van der Waals surface area contributed by atoms with Crippen molar-refractivity contribution in [2.45, 2.75) is 19.0 Å². The van der Waals surface area contributed by atoms with Crippen LogP contribution in [0.15, 0.2) is 71.9 Å². The Balaban J connectivity index is 1.61. The minimum Gasteiger partial charge on any atom is -0.480 e. The van der Waals surface area contributed by atoms with Crippen molar-refractivity contribution in [3.8, 4) is 0 Å². The van der Waals surface area contributed by atoms with E-state index in [0.29, 0.717) is 18.8 Å². The summed E-state index contributed by atoms with van der Waals surface area (Å²) in [6, 6.07) is 14.3. The van der Waals surface area contributed by atoms with Crippen molar-refractivity contribution in [3.05, 3.63) is 88.6 Å². The Kier molecular flexibility index (Phi) is 5.30. The number of nitrogens with one attached hydrogen (secondary N) is 1. The van der Waals surface area contributed by atoms with Crippen LogP contribution in [0.1, 0.15) is 17.0 Å². The van der Waals surface area contributed by atoms with Crippen molar-refractivity contribution in [2.75, 3.05) is 16.8 Å². The van der Waals surface area contributed by atoms with Gasteiger partial charge in [-0.1, -0.05) is 24.3 Å². The van der Waals surface area contributed by atoms with Gasteiger partial charge in [-0.3, -0.25) is 19.4 Å². The number of amides is 1. The number of pyridine rings is 2. The number of nitrogens with zero attached hydrogens (tertiary/aromatic N) is 3. The van der Waals surface area contributed by atoms with Crippen LogP contribution in [-0.2, 0) is 22.7 Å². The zero-order valence-corrected chi connectivity index (χ0v) is 16.1. The summed E-state index contributed by atoms with van der Waals surface area (Å²) in [6.45, 7) is 0.683. The molecule has 1 aliphatic rings. The molecule has 0 saturated carbocycles. The Morgan fingerprint density at radius 1 is 1.13 bits per heavy atom. The van der Waals surface area contributed by atoms with Crippen LogP contribution < -0.4 is 15.8 Å². The van der Waals surface area contributed by atoms with Gasteiger partial charge in [0.2, 0.25) is 5.91 Å². The second kappa shape index (κ2) is 8.20. The summed E-state index contributed by atoms with van der Waals surface area (Å²) >= 11 is 0. The van der Waals surface area contributed by atoms with E-state index in [4.69, 9.17) is 5.11 Å². The highest BCUT2D eigenvalue weighted by atomic mass is 16.4. The molecule has 1 aliphatic heterocycles. The molecule has 1 atom stereocenters. The fourth-order valence-electron chi connectivity index (χ4n) is 3.67. The third-order valence-electron chi connectivity index (χ3n) is 5.08. The summed E-state index contributed by atoms with van der Waals surface area (Å²) in [5.41, 5.74) is 2.87. The second-order valence-corrected chi connectivity index (χ2v) is 7.11. The van der Waals surface area contributed by atoms with Crippen molar-refractivity contribution in [1.82, 2.24) is 9.55 Å². The van der Waals surface area contributed by atoms with Crippen LogP contribution in [0.2, 0.25) is 0 Å². The van der Waals surface area contributed by atoms with Crippen LogP contribution in [0.25, 0.3) is 0 Å². The van der Waals surface area contributed by atoms with Crippen LogP contribution >= 0.6 is 0 Å². The third-order valence-corrected chi connectivity index (χ3v) is 5.08. The number of rotatable bonds is 5. The number of benzene rings is 1. The van der Waals surface area contributed by atoms with Gasteiger partial charge in [-0.25, -0.2) is 0 Å². The number of carbonyl (C=O) groups is 2. The maximum absolute atomic E-state index is 13.2. The zero-order valence-electron chi connectivity index (χ0n) is 16.1. The third kappa shape index (κ3) is 4.07. The molecule has 2 N–H and O–H groups in total. The fourth-order valence-corrected chi connectivity index (χ4v) is 3.67. The van der Waals surface area contributed by atoms with Gasteiger partial charge in [-0.2, -0.15) is 0 Å². The summed E-state index contributed by atoms with van der Waals surface area (Å²) in [7, 11) is 0. The number of anilines is 2. The number of hydrogen-bond acceptors (Lipinski definition) is 5. The van der Waals surface area contributed by atoms with Gasteiger partial charge < -0.3 is 19.9 Å². The lowest BCUT2D eigenvalue weighted by Gasteiger charge is -2.35. The molecule has 152 valence electrons. The standard InChI is InChI=1S/C22H20N4O4/c27-20-8-7-16(12-26(20)14-21(28)29)24-22(30)19-13-25(17-5-3-9-23-10-17)11-15-4-1-2-6-18(15)19/h1-10,12,19H,11,13-14H2,(H,24,30)(H,28,29)/t19-/m0/s1. The van der Waals surface area contributed by atoms with Crippen LogP contribution in [0.4, 0.5) is 11.4 Å². The minimum absolute atomic E-state index is 0.225. The number of carbonyl (C=O) groups excluding carboxylic acids is 1. The molecule has 1 amide bonds. The van der Waals surface area contributed by atoms with Crippen molar-refractivity contribution < 1.29 is 14.7 Å². The highest BCUT2D eigenvalue weighted by Crippen LogP contribution is 2.32. The van der Waals surface area contributed by atoms with Crippen molar-refractivity contribution in [3.63, 3.8) is 0 Å². The fraction of sp³-hybridized carbons (Fsp3) is 0.182. The van der Waals surface area contributed by atoms with E-state index >= 15 is 0 Å². The SMILES string of the molecule is O=C(O)Cn1cc(NC(=O)[C@H]2CN(c3cccnc3)Cc3ccccc32)ccc1=O. The van der Waals surface area contributed by atoms with Gasteiger partial charge in [0, 0.05) is 31.5 Å². The lowest BCUT2D eigenvalue weighted by Crippen LogP contribution is -2.39. The normalized spacial score (nSPS) is 15.3. The Labute approximate surface area is 172 Å². The Bertz CT molecular complexity index is 1140. The molecule has 8 heteroatoms. The van der Waals surface area contributed by atoms with E-state index < -0.39 is 24.0 Å². The second-order valence-electron chi connectivity index (χ2n) is 7.11. The van der Waals surface area contributed by atoms with Crippen LogP contribution in [-0.4, -0.2) is 33.1 Å². The first-order chi connectivity index (χ1) is 14.5. The summed E-state index contributed by atoms with van der Waals surface area (Å²) in [6.07, 6.45) is 4.82. The lowest BCUT2D eigenvalue weighted by atomic mass is 9.88. The van der Waals surface area contributed by atoms with E-state index in [0.717, 1.165) is 21.4 Å². The van der Waals surface area contributed by atoms with Crippen LogP contribution in [0.5, 0.6) is 0 Å². The lowest BCUT2D eigenvalue weighted by molar-refractivity contribution is -0.137. The number of fused-ring (bicyclic) bond motifs is 1. The summed E-state index contributed by atoms with van der Waals surface area (Å²) < 4.78 is 1.05. The van der Waals surface area contributed by atoms with Crippen molar-refractivity contribution in [2.24, 2.45) is 0 Å². The number of hydrogen-bond donors (Lipinski definition) is 2. The molecular weight excluding hydrogens is 384 g/mol. The molecule has 3 aromatic rings. The van der Waals surface area contributed by atoms with Crippen LogP contribution in [0, 0.1) is 0 Å². The van der Waals surface area contributed by atoms with E-state index in [1.807, 2.05) is 36.4 Å². The average molecular weight is 404 g/mol. The molecule has 1 aromatic carbocycles. The molecule has 30 heavy (non-hydrogen) atoms. The molecule has 2 aromatic heterocycles. The van der Waals surface area contributed by atoms with Gasteiger partial charge in [0.15, 0.2) is 0 Å². The first kappa shape index (κ1) is 19.4. The number of aliphatic carboxylic acids is 1. The minimum atomic E-state index is -1.13. The topological polar surface area (TPSA) is 105 Å². The first-order valence-corrected chi connectivity index (χ1v) is 9.47.